The zero-order chi connectivity index (χ0) is 16.4. The van der Waals surface area contributed by atoms with Gasteiger partial charge in [0, 0.05) is 0 Å². The van der Waals surface area contributed by atoms with Gasteiger partial charge in [0.25, 0.3) is 0 Å². The van der Waals surface area contributed by atoms with Crippen molar-refractivity contribution in [3.05, 3.63) is 0 Å². The molecule has 0 bridgehead atoms. The summed E-state index contributed by atoms with van der Waals surface area (Å²) >= 11 is -2.07. The Morgan fingerprint density at radius 3 is 1.43 bits per heavy atom. The van der Waals surface area contributed by atoms with Crippen LogP contribution in [0, 0.1) is 5.41 Å². The van der Waals surface area contributed by atoms with Crippen molar-refractivity contribution in [3.8, 4) is 0 Å². The van der Waals surface area contributed by atoms with Crippen LogP contribution in [-0.2, 0) is 4.79 Å². The van der Waals surface area contributed by atoms with Crippen LogP contribution in [0.4, 0.5) is 0 Å². The van der Waals surface area contributed by atoms with Gasteiger partial charge in [0.05, 0.1) is 0 Å². The standard InChI is InChI=1S/C7H13O.3C4H9.Sn/c1-5-6(8)7(2,3)4;3*1-3-4-2;/h1,5H2,2-4H3;3*1,3-4H2,2H3;. The molecule has 2 heteroatoms. The van der Waals surface area contributed by atoms with Gasteiger partial charge in [-0.1, -0.05) is 0 Å². The molecule has 0 aliphatic heterocycles. The molecule has 0 aliphatic carbocycles. The molecule has 0 saturated heterocycles. The van der Waals surface area contributed by atoms with Crippen molar-refractivity contribution < 1.29 is 4.79 Å². The van der Waals surface area contributed by atoms with Crippen molar-refractivity contribution in [2.24, 2.45) is 5.41 Å². The summed E-state index contributed by atoms with van der Waals surface area (Å²) in [4.78, 5) is 12.4. The fourth-order valence-corrected chi connectivity index (χ4v) is 19.1. The van der Waals surface area contributed by atoms with Crippen LogP contribution in [-0.4, -0.2) is 24.2 Å². The third-order valence-electron chi connectivity index (χ3n) is 4.90. The molecular formula is C19H40OSn. The summed E-state index contributed by atoms with van der Waals surface area (Å²) in [6, 6.07) is 0. The zero-order valence-electron chi connectivity index (χ0n) is 15.7. The maximum atomic E-state index is 12.4. The number of hydrogen-bond donors (Lipinski definition) is 0. The Bertz CT molecular complexity index is 256. The number of hydrogen-bond acceptors (Lipinski definition) is 1. The van der Waals surface area contributed by atoms with Crippen LogP contribution in [0.5, 0.6) is 0 Å². The summed E-state index contributed by atoms with van der Waals surface area (Å²) in [6.45, 7) is 13.2. The van der Waals surface area contributed by atoms with Crippen LogP contribution in [0.15, 0.2) is 0 Å². The SMILES string of the molecule is CCC[CH2][Sn]([CH2]CCC)([CH2]CCC)[CH2]CC(=O)C(C)(C)C. The van der Waals surface area contributed by atoms with Crippen molar-refractivity contribution in [1.29, 1.82) is 0 Å². The summed E-state index contributed by atoms with van der Waals surface area (Å²) in [5, 5.41) is 0. The molecule has 0 atom stereocenters. The molecule has 0 aromatic heterocycles. The Hall–Kier alpha value is 0.469. The molecule has 0 unspecified atom stereocenters. The number of unbranched alkanes of at least 4 members (excludes halogenated alkanes) is 3. The average Bonchev–Trinajstić information content (AvgIpc) is 2.44. The number of ketones is 1. The van der Waals surface area contributed by atoms with Gasteiger partial charge in [-0.25, -0.2) is 0 Å². The number of rotatable bonds is 12. The molecule has 0 rings (SSSR count). The number of carbonyl (C=O) groups excluding carboxylic acids is 1. The van der Waals surface area contributed by atoms with E-state index in [1.165, 1.54) is 56.3 Å². The second kappa shape index (κ2) is 11.1. The van der Waals surface area contributed by atoms with Gasteiger partial charge in [-0.05, 0) is 0 Å². The fraction of sp³-hybridized carbons (Fsp3) is 0.947. The topological polar surface area (TPSA) is 17.1 Å². The van der Waals surface area contributed by atoms with Crippen LogP contribution < -0.4 is 0 Å². The van der Waals surface area contributed by atoms with Gasteiger partial charge in [0.15, 0.2) is 0 Å². The van der Waals surface area contributed by atoms with Crippen LogP contribution in [0.25, 0.3) is 0 Å². The summed E-state index contributed by atoms with van der Waals surface area (Å²) in [6.07, 6.45) is 9.07. The molecule has 0 fully saturated rings. The van der Waals surface area contributed by atoms with E-state index in [9.17, 15) is 4.79 Å². The first-order chi connectivity index (χ1) is 9.81. The van der Waals surface area contributed by atoms with Crippen LogP contribution in [0.2, 0.25) is 17.7 Å². The van der Waals surface area contributed by atoms with Gasteiger partial charge in [-0.3, -0.25) is 0 Å². The molecule has 1 nitrogen and oxygen atoms in total. The third kappa shape index (κ3) is 9.25. The molecule has 0 aliphatic rings. The van der Waals surface area contributed by atoms with Gasteiger partial charge in [0.1, 0.15) is 0 Å². The van der Waals surface area contributed by atoms with Gasteiger partial charge in [-0.2, -0.15) is 0 Å². The monoisotopic (exact) mass is 404 g/mol. The maximum absolute atomic E-state index is 12.4. The molecule has 21 heavy (non-hydrogen) atoms. The van der Waals surface area contributed by atoms with Gasteiger partial charge >= 0.3 is 139 Å². The Balaban J connectivity index is 4.81. The second-order valence-corrected chi connectivity index (χ2v) is 22.3. The summed E-state index contributed by atoms with van der Waals surface area (Å²) in [5.41, 5.74) is -0.141. The van der Waals surface area contributed by atoms with Gasteiger partial charge < -0.3 is 0 Å². The van der Waals surface area contributed by atoms with E-state index in [1.54, 1.807) is 0 Å². The molecule has 0 aromatic rings. The molecule has 0 amide bonds. The summed E-state index contributed by atoms with van der Waals surface area (Å²) in [5.74, 6) is 0.494. The Kier molecular flexibility index (Phi) is 11.3. The van der Waals surface area contributed by atoms with Crippen LogP contribution in [0.1, 0.15) is 86.5 Å². The molecular weight excluding hydrogens is 363 g/mol. The Morgan fingerprint density at radius 2 is 1.14 bits per heavy atom. The van der Waals surface area contributed by atoms with E-state index in [0.29, 0.717) is 5.78 Å². The predicted octanol–water partition coefficient (Wildman–Crippen LogP) is 6.84. The number of Topliss-reactive ketones (excluding diaryl/α,β-unsaturated/α-hetero) is 1. The van der Waals surface area contributed by atoms with E-state index in [2.05, 4.69) is 41.5 Å². The van der Waals surface area contributed by atoms with Crippen molar-refractivity contribution >= 4 is 24.2 Å². The van der Waals surface area contributed by atoms with E-state index in [0.717, 1.165) is 6.42 Å². The molecule has 0 N–H and O–H groups in total. The van der Waals surface area contributed by atoms with Crippen molar-refractivity contribution in [3.63, 3.8) is 0 Å². The van der Waals surface area contributed by atoms with Gasteiger partial charge in [0.2, 0.25) is 0 Å². The first-order valence-electron chi connectivity index (χ1n) is 9.34. The molecule has 0 heterocycles. The minimum atomic E-state index is -2.07. The average molecular weight is 403 g/mol. The quantitative estimate of drug-likeness (QED) is 0.326. The molecule has 0 saturated carbocycles. The molecule has 0 radical (unpaired) electrons. The zero-order valence-corrected chi connectivity index (χ0v) is 18.5. The second-order valence-electron chi connectivity index (χ2n) is 7.98. The van der Waals surface area contributed by atoms with E-state index < -0.39 is 18.4 Å². The van der Waals surface area contributed by atoms with E-state index >= 15 is 0 Å². The van der Waals surface area contributed by atoms with Crippen LogP contribution >= 0.6 is 0 Å². The van der Waals surface area contributed by atoms with E-state index in [-0.39, 0.29) is 5.41 Å². The van der Waals surface area contributed by atoms with E-state index in [4.69, 9.17) is 0 Å². The predicted molar refractivity (Wildman–Crippen MR) is 98.8 cm³/mol. The Labute approximate surface area is 138 Å². The van der Waals surface area contributed by atoms with Crippen molar-refractivity contribution in [1.82, 2.24) is 0 Å². The molecule has 0 aromatic carbocycles. The first-order valence-corrected chi connectivity index (χ1v) is 17.4. The fourth-order valence-electron chi connectivity index (χ4n) is 3.16. The van der Waals surface area contributed by atoms with Crippen molar-refractivity contribution in [2.75, 3.05) is 0 Å². The normalized spacial score (nSPS) is 12.7. The van der Waals surface area contributed by atoms with Crippen molar-refractivity contribution in [2.45, 2.75) is 104 Å². The van der Waals surface area contributed by atoms with Crippen LogP contribution in [0.3, 0.4) is 0 Å². The first kappa shape index (κ1) is 21.5. The molecule has 126 valence electrons. The molecule has 0 spiro atoms. The van der Waals surface area contributed by atoms with E-state index in [1.807, 2.05) is 0 Å². The Morgan fingerprint density at radius 1 is 0.762 bits per heavy atom. The third-order valence-corrected chi connectivity index (χ3v) is 20.8. The summed E-state index contributed by atoms with van der Waals surface area (Å²) in [7, 11) is 0. The van der Waals surface area contributed by atoms with Gasteiger partial charge in [-0.15, -0.1) is 0 Å². The summed E-state index contributed by atoms with van der Waals surface area (Å²) < 4.78 is 5.92. The minimum absolute atomic E-state index is 0.141. The number of carbonyl (C=O) groups is 1.